The fourth-order valence-corrected chi connectivity index (χ4v) is 2.50. The SMILES string of the molecule is Nc1cccc2ccccc12.Nc1cccc2ccccc12.O=S(=O)(O)O. The van der Waals surface area contributed by atoms with E-state index in [0.29, 0.717) is 0 Å². The summed E-state index contributed by atoms with van der Waals surface area (Å²) in [4.78, 5) is 0. The maximum atomic E-state index is 8.74. The summed E-state index contributed by atoms with van der Waals surface area (Å²) in [5, 5.41) is 4.67. The van der Waals surface area contributed by atoms with E-state index in [4.69, 9.17) is 29.0 Å². The van der Waals surface area contributed by atoms with Crippen LogP contribution in [0.2, 0.25) is 0 Å². The first-order chi connectivity index (χ1) is 12.8. The monoisotopic (exact) mass is 384 g/mol. The summed E-state index contributed by atoms with van der Waals surface area (Å²) >= 11 is 0. The highest BCUT2D eigenvalue weighted by molar-refractivity contribution is 7.79. The minimum absolute atomic E-state index is 0.850. The third-order valence-electron chi connectivity index (χ3n) is 3.65. The zero-order valence-corrected chi connectivity index (χ0v) is 15.2. The van der Waals surface area contributed by atoms with Gasteiger partial charge in [-0.15, -0.1) is 0 Å². The molecule has 0 aliphatic carbocycles. The highest BCUT2D eigenvalue weighted by Crippen LogP contribution is 2.20. The van der Waals surface area contributed by atoms with Crippen molar-refractivity contribution in [3.8, 4) is 0 Å². The van der Waals surface area contributed by atoms with Gasteiger partial charge in [0.15, 0.2) is 0 Å². The van der Waals surface area contributed by atoms with Gasteiger partial charge in [-0.05, 0) is 22.9 Å². The number of nitrogens with two attached hydrogens (primary N) is 2. The summed E-state index contributed by atoms with van der Waals surface area (Å²) in [5.74, 6) is 0. The van der Waals surface area contributed by atoms with Crippen molar-refractivity contribution in [2.75, 3.05) is 11.5 Å². The Bertz CT molecular complexity index is 1050. The van der Waals surface area contributed by atoms with E-state index in [-0.39, 0.29) is 0 Å². The molecule has 4 rings (SSSR count). The Kier molecular flexibility index (Phi) is 6.73. The largest absolute Gasteiger partial charge is 0.398 e. The summed E-state index contributed by atoms with van der Waals surface area (Å²) < 4.78 is 31.6. The van der Waals surface area contributed by atoms with Crippen LogP contribution in [0.4, 0.5) is 11.4 Å². The maximum absolute atomic E-state index is 8.74. The Morgan fingerprint density at radius 3 is 1.19 bits per heavy atom. The van der Waals surface area contributed by atoms with Gasteiger partial charge in [0.1, 0.15) is 0 Å². The first kappa shape index (κ1) is 20.2. The zero-order valence-electron chi connectivity index (χ0n) is 14.4. The van der Waals surface area contributed by atoms with Crippen molar-refractivity contribution in [2.24, 2.45) is 0 Å². The van der Waals surface area contributed by atoms with Gasteiger partial charge in [-0.25, -0.2) is 0 Å². The fraction of sp³-hybridized carbons (Fsp3) is 0. The van der Waals surface area contributed by atoms with Crippen LogP contribution in [0.1, 0.15) is 0 Å². The lowest BCUT2D eigenvalue weighted by molar-refractivity contribution is 0.381. The molecule has 0 fully saturated rings. The predicted molar refractivity (Wildman–Crippen MR) is 111 cm³/mol. The Morgan fingerprint density at radius 1 is 0.556 bits per heavy atom. The summed E-state index contributed by atoms with van der Waals surface area (Å²) in [6.45, 7) is 0. The minimum atomic E-state index is -4.67. The molecule has 4 aromatic carbocycles. The number of nitrogen functional groups attached to an aromatic ring is 2. The van der Waals surface area contributed by atoms with Crippen molar-refractivity contribution < 1.29 is 17.5 Å². The Labute approximate surface area is 157 Å². The highest BCUT2D eigenvalue weighted by Gasteiger charge is 1.93. The molecule has 0 saturated carbocycles. The van der Waals surface area contributed by atoms with E-state index >= 15 is 0 Å². The van der Waals surface area contributed by atoms with Crippen LogP contribution in [0.25, 0.3) is 21.5 Å². The molecule has 0 radical (unpaired) electrons. The van der Waals surface area contributed by atoms with Gasteiger partial charge >= 0.3 is 10.4 Å². The van der Waals surface area contributed by atoms with Crippen LogP contribution in [-0.4, -0.2) is 17.5 Å². The van der Waals surface area contributed by atoms with Crippen LogP contribution in [-0.2, 0) is 10.4 Å². The standard InChI is InChI=1S/2C10H9N.H2O4S/c2*11-10-7-3-5-8-4-1-2-6-9(8)10;1-5(2,3)4/h2*1-7H,11H2;(H2,1,2,3,4). The van der Waals surface area contributed by atoms with E-state index in [1.54, 1.807) is 0 Å². The zero-order chi connectivity index (χ0) is 19.9. The van der Waals surface area contributed by atoms with Crippen molar-refractivity contribution >= 4 is 43.3 Å². The predicted octanol–water partition coefficient (Wildman–Crippen LogP) is 4.19. The molecule has 0 saturated heterocycles. The van der Waals surface area contributed by atoms with Gasteiger partial charge in [0.25, 0.3) is 0 Å². The van der Waals surface area contributed by atoms with E-state index in [1.165, 1.54) is 10.8 Å². The molecule has 0 bridgehead atoms. The van der Waals surface area contributed by atoms with Gasteiger partial charge in [-0.2, -0.15) is 8.42 Å². The fourth-order valence-electron chi connectivity index (χ4n) is 2.50. The normalized spacial score (nSPS) is 10.4. The Hall–Kier alpha value is -3.13. The summed E-state index contributed by atoms with van der Waals surface area (Å²) in [5.41, 5.74) is 13.2. The Balaban J connectivity index is 0.000000157. The number of benzene rings is 4. The molecule has 6 N–H and O–H groups in total. The Morgan fingerprint density at radius 2 is 0.852 bits per heavy atom. The third-order valence-corrected chi connectivity index (χ3v) is 3.65. The number of hydrogen-bond donors (Lipinski definition) is 4. The second-order valence-electron chi connectivity index (χ2n) is 5.58. The molecular weight excluding hydrogens is 364 g/mol. The smallest absolute Gasteiger partial charge is 0.394 e. The first-order valence-electron chi connectivity index (χ1n) is 7.92. The van der Waals surface area contributed by atoms with Crippen molar-refractivity contribution in [1.82, 2.24) is 0 Å². The number of rotatable bonds is 0. The lowest BCUT2D eigenvalue weighted by atomic mass is 10.1. The lowest BCUT2D eigenvalue weighted by Gasteiger charge is -1.98. The average molecular weight is 384 g/mol. The van der Waals surface area contributed by atoms with Crippen molar-refractivity contribution in [3.05, 3.63) is 84.9 Å². The molecule has 0 atom stereocenters. The van der Waals surface area contributed by atoms with Gasteiger partial charge in [0.2, 0.25) is 0 Å². The summed E-state index contributed by atoms with van der Waals surface area (Å²) in [6, 6.07) is 28.1. The van der Waals surface area contributed by atoms with Crippen LogP contribution >= 0.6 is 0 Å². The molecule has 27 heavy (non-hydrogen) atoms. The van der Waals surface area contributed by atoms with Crippen LogP contribution in [0.5, 0.6) is 0 Å². The molecule has 0 spiro atoms. The van der Waals surface area contributed by atoms with Crippen molar-refractivity contribution in [3.63, 3.8) is 0 Å². The molecule has 140 valence electrons. The van der Waals surface area contributed by atoms with Crippen LogP contribution < -0.4 is 11.5 Å². The van der Waals surface area contributed by atoms with E-state index in [1.807, 2.05) is 60.7 Å². The van der Waals surface area contributed by atoms with Gasteiger partial charge < -0.3 is 11.5 Å². The second-order valence-corrected chi connectivity index (χ2v) is 6.48. The summed E-state index contributed by atoms with van der Waals surface area (Å²) in [6.07, 6.45) is 0. The number of fused-ring (bicyclic) bond motifs is 2. The van der Waals surface area contributed by atoms with Crippen LogP contribution in [0.3, 0.4) is 0 Å². The quantitative estimate of drug-likeness (QED) is 0.266. The summed E-state index contributed by atoms with van der Waals surface area (Å²) in [7, 11) is -4.67. The highest BCUT2D eigenvalue weighted by atomic mass is 32.3. The second kappa shape index (κ2) is 9.00. The van der Waals surface area contributed by atoms with E-state index in [2.05, 4.69) is 24.3 Å². The third kappa shape index (κ3) is 6.59. The lowest BCUT2D eigenvalue weighted by Crippen LogP contribution is -1.89. The molecule has 7 heteroatoms. The van der Waals surface area contributed by atoms with Crippen LogP contribution in [0, 0.1) is 0 Å². The molecule has 0 aromatic heterocycles. The van der Waals surface area contributed by atoms with Gasteiger partial charge in [0, 0.05) is 22.1 Å². The van der Waals surface area contributed by atoms with Gasteiger partial charge in [-0.3, -0.25) is 9.11 Å². The molecule has 0 heterocycles. The molecule has 0 unspecified atom stereocenters. The van der Waals surface area contributed by atoms with Crippen molar-refractivity contribution in [2.45, 2.75) is 0 Å². The topological polar surface area (TPSA) is 127 Å². The first-order valence-corrected chi connectivity index (χ1v) is 9.32. The molecule has 6 nitrogen and oxygen atoms in total. The molecule has 0 aliphatic heterocycles. The maximum Gasteiger partial charge on any atom is 0.394 e. The minimum Gasteiger partial charge on any atom is -0.398 e. The van der Waals surface area contributed by atoms with E-state index < -0.39 is 10.4 Å². The van der Waals surface area contributed by atoms with Crippen LogP contribution in [0.15, 0.2) is 84.9 Å². The molecular formula is C20H20N2O4S. The number of hydrogen-bond acceptors (Lipinski definition) is 4. The van der Waals surface area contributed by atoms with E-state index in [0.717, 1.165) is 22.1 Å². The molecule has 4 aromatic rings. The molecule has 0 aliphatic rings. The molecule has 0 amide bonds. The van der Waals surface area contributed by atoms with Crippen molar-refractivity contribution in [1.29, 1.82) is 0 Å². The van der Waals surface area contributed by atoms with E-state index in [9.17, 15) is 0 Å². The van der Waals surface area contributed by atoms with Gasteiger partial charge in [0.05, 0.1) is 0 Å². The number of anilines is 2. The van der Waals surface area contributed by atoms with Gasteiger partial charge in [-0.1, -0.05) is 72.8 Å². The average Bonchev–Trinajstić information content (AvgIpc) is 2.62.